The molecule has 0 unspecified atom stereocenters. The van der Waals surface area contributed by atoms with Crippen molar-refractivity contribution in [3.05, 3.63) is 58.7 Å². The van der Waals surface area contributed by atoms with Crippen molar-refractivity contribution in [2.75, 3.05) is 25.1 Å². The van der Waals surface area contributed by atoms with Crippen molar-refractivity contribution >= 4 is 17.5 Å². The predicted octanol–water partition coefficient (Wildman–Crippen LogP) is 2.89. The maximum absolute atomic E-state index is 12.7. The van der Waals surface area contributed by atoms with Crippen LogP contribution in [0.5, 0.6) is 5.75 Å². The minimum Gasteiger partial charge on any atom is -0.497 e. The second kappa shape index (κ2) is 7.43. The van der Waals surface area contributed by atoms with Crippen LogP contribution in [0.25, 0.3) is 0 Å². The molecule has 0 spiro atoms. The zero-order valence-corrected chi connectivity index (χ0v) is 15.6. The lowest BCUT2D eigenvalue weighted by molar-refractivity contribution is -0.119. The zero-order valence-electron chi connectivity index (χ0n) is 15.6. The van der Waals surface area contributed by atoms with Gasteiger partial charge in [-0.1, -0.05) is 12.1 Å². The average molecular weight is 364 g/mol. The summed E-state index contributed by atoms with van der Waals surface area (Å²) < 4.78 is 5.24. The topological polar surface area (TPSA) is 58.6 Å². The minimum atomic E-state index is -0.0500. The molecule has 2 heterocycles. The van der Waals surface area contributed by atoms with Crippen molar-refractivity contribution in [2.45, 2.75) is 32.1 Å². The van der Waals surface area contributed by atoms with E-state index in [1.807, 2.05) is 41.3 Å². The van der Waals surface area contributed by atoms with E-state index in [2.05, 4.69) is 5.32 Å². The first-order chi connectivity index (χ1) is 13.2. The Morgan fingerprint density at radius 3 is 2.78 bits per heavy atom. The summed E-state index contributed by atoms with van der Waals surface area (Å²) >= 11 is 0. The molecule has 4 rings (SSSR count). The van der Waals surface area contributed by atoms with Crippen LogP contribution >= 0.6 is 0 Å². The molecule has 0 saturated carbocycles. The van der Waals surface area contributed by atoms with Crippen LogP contribution in [-0.2, 0) is 24.1 Å². The number of methoxy groups -OCH3 is 1. The minimum absolute atomic E-state index is 0.0500. The lowest BCUT2D eigenvalue weighted by Crippen LogP contribution is -2.39. The van der Waals surface area contributed by atoms with Crippen LogP contribution in [0.15, 0.2) is 36.4 Å². The van der Waals surface area contributed by atoms with Gasteiger partial charge in [-0.05, 0) is 66.6 Å². The number of nitrogens with one attached hydrogen (secondary N) is 1. The van der Waals surface area contributed by atoms with Gasteiger partial charge in [0.15, 0.2) is 0 Å². The first-order valence-electron chi connectivity index (χ1n) is 9.53. The lowest BCUT2D eigenvalue weighted by Gasteiger charge is -2.35. The number of carbonyl (C=O) groups is 2. The Bertz CT molecular complexity index is 874. The largest absolute Gasteiger partial charge is 0.497 e. The standard InChI is InChI=1S/C22H24N2O3/c1-27-19-6-2-4-15(12-19)9-10-23-22(26)18-13-16-5-3-11-24-20(25)8-7-17(14-18)21(16)24/h2,4,6,12-14H,3,5,7-11H2,1H3,(H,23,26). The van der Waals surface area contributed by atoms with Crippen molar-refractivity contribution in [3.63, 3.8) is 0 Å². The fraction of sp³-hybridized carbons (Fsp3) is 0.364. The molecule has 2 amide bonds. The van der Waals surface area contributed by atoms with Crippen molar-refractivity contribution in [1.82, 2.24) is 5.32 Å². The van der Waals surface area contributed by atoms with Crippen LogP contribution in [-0.4, -0.2) is 32.0 Å². The number of rotatable bonds is 5. The first-order valence-corrected chi connectivity index (χ1v) is 9.53. The number of nitrogens with zero attached hydrogens (tertiary/aromatic N) is 1. The summed E-state index contributed by atoms with van der Waals surface area (Å²) in [4.78, 5) is 26.7. The highest BCUT2D eigenvalue weighted by molar-refractivity contribution is 6.00. The Morgan fingerprint density at radius 1 is 1.15 bits per heavy atom. The molecule has 0 atom stereocenters. The van der Waals surface area contributed by atoms with Gasteiger partial charge < -0.3 is 15.0 Å². The van der Waals surface area contributed by atoms with E-state index in [0.29, 0.717) is 18.5 Å². The predicted molar refractivity (Wildman–Crippen MR) is 104 cm³/mol. The normalized spacial score (nSPS) is 15.3. The van der Waals surface area contributed by atoms with E-state index in [1.54, 1.807) is 7.11 Å². The summed E-state index contributed by atoms with van der Waals surface area (Å²) in [7, 11) is 1.65. The molecular weight excluding hydrogens is 340 g/mol. The molecule has 0 saturated heterocycles. The van der Waals surface area contributed by atoms with Crippen LogP contribution in [0.4, 0.5) is 5.69 Å². The fourth-order valence-electron chi connectivity index (χ4n) is 4.03. The van der Waals surface area contributed by atoms with E-state index >= 15 is 0 Å². The quantitative estimate of drug-likeness (QED) is 0.887. The van der Waals surface area contributed by atoms with Gasteiger partial charge >= 0.3 is 0 Å². The van der Waals surface area contributed by atoms with Gasteiger partial charge in [0, 0.05) is 25.1 Å². The second-order valence-electron chi connectivity index (χ2n) is 7.15. The first kappa shape index (κ1) is 17.6. The molecule has 0 bridgehead atoms. The Morgan fingerprint density at radius 2 is 1.96 bits per heavy atom. The molecule has 2 aromatic rings. The molecule has 1 N–H and O–H groups in total. The Kier molecular flexibility index (Phi) is 4.84. The summed E-state index contributed by atoms with van der Waals surface area (Å²) in [6, 6.07) is 11.8. The van der Waals surface area contributed by atoms with Crippen LogP contribution in [0.3, 0.4) is 0 Å². The molecule has 2 aliphatic heterocycles. The van der Waals surface area contributed by atoms with Gasteiger partial charge in [0.25, 0.3) is 5.91 Å². The monoisotopic (exact) mass is 364 g/mol. The highest BCUT2D eigenvalue weighted by Gasteiger charge is 2.30. The lowest BCUT2D eigenvalue weighted by atomic mass is 9.89. The molecule has 0 aliphatic carbocycles. The van der Waals surface area contributed by atoms with Gasteiger partial charge in [-0.15, -0.1) is 0 Å². The fourth-order valence-corrected chi connectivity index (χ4v) is 4.03. The van der Waals surface area contributed by atoms with Crippen molar-refractivity contribution in [2.24, 2.45) is 0 Å². The Hall–Kier alpha value is -2.82. The number of ether oxygens (including phenoxy) is 1. The van der Waals surface area contributed by atoms with E-state index in [-0.39, 0.29) is 11.8 Å². The van der Waals surface area contributed by atoms with Crippen molar-refractivity contribution < 1.29 is 14.3 Å². The third kappa shape index (κ3) is 3.54. The molecular formula is C22H24N2O3. The summed E-state index contributed by atoms with van der Waals surface area (Å²) in [6.07, 6.45) is 3.90. The molecule has 2 aliphatic rings. The van der Waals surface area contributed by atoms with Gasteiger partial charge in [0.2, 0.25) is 5.91 Å². The smallest absolute Gasteiger partial charge is 0.251 e. The molecule has 0 radical (unpaired) electrons. The SMILES string of the molecule is COc1cccc(CCNC(=O)c2cc3c4c(c2)CCC(=O)N4CCC3)c1. The van der Waals surface area contributed by atoms with Crippen LogP contribution in [0, 0.1) is 0 Å². The van der Waals surface area contributed by atoms with Crippen molar-refractivity contribution in [3.8, 4) is 5.75 Å². The van der Waals surface area contributed by atoms with Crippen LogP contribution in [0.2, 0.25) is 0 Å². The number of amides is 2. The van der Waals surface area contributed by atoms with Crippen LogP contribution in [0.1, 0.15) is 39.9 Å². The van der Waals surface area contributed by atoms with E-state index in [0.717, 1.165) is 60.4 Å². The van der Waals surface area contributed by atoms with Gasteiger partial charge in [0.05, 0.1) is 12.8 Å². The molecule has 0 aromatic heterocycles. The number of carbonyl (C=O) groups excluding carboxylic acids is 2. The van der Waals surface area contributed by atoms with Crippen LogP contribution < -0.4 is 15.0 Å². The Balaban J connectivity index is 1.46. The number of hydrogen-bond donors (Lipinski definition) is 1. The van der Waals surface area contributed by atoms with E-state index in [1.165, 1.54) is 0 Å². The number of hydrogen-bond acceptors (Lipinski definition) is 3. The molecule has 27 heavy (non-hydrogen) atoms. The van der Waals surface area contributed by atoms with Gasteiger partial charge in [0.1, 0.15) is 5.75 Å². The second-order valence-corrected chi connectivity index (χ2v) is 7.15. The molecule has 5 heteroatoms. The van der Waals surface area contributed by atoms with Gasteiger partial charge in [-0.3, -0.25) is 9.59 Å². The Labute approximate surface area is 159 Å². The van der Waals surface area contributed by atoms with Gasteiger partial charge in [-0.2, -0.15) is 0 Å². The third-order valence-corrected chi connectivity index (χ3v) is 5.37. The third-order valence-electron chi connectivity index (χ3n) is 5.37. The molecule has 140 valence electrons. The van der Waals surface area contributed by atoms with E-state index in [9.17, 15) is 9.59 Å². The highest BCUT2D eigenvalue weighted by Crippen LogP contribution is 2.36. The maximum atomic E-state index is 12.7. The molecule has 5 nitrogen and oxygen atoms in total. The summed E-state index contributed by atoms with van der Waals surface area (Å²) in [5.74, 6) is 0.983. The number of benzene rings is 2. The van der Waals surface area contributed by atoms with E-state index < -0.39 is 0 Å². The van der Waals surface area contributed by atoms with Gasteiger partial charge in [-0.25, -0.2) is 0 Å². The maximum Gasteiger partial charge on any atom is 0.251 e. The van der Waals surface area contributed by atoms with Crippen molar-refractivity contribution in [1.29, 1.82) is 0 Å². The molecule has 0 fully saturated rings. The summed E-state index contributed by atoms with van der Waals surface area (Å²) in [6.45, 7) is 1.37. The average Bonchev–Trinajstić information content (AvgIpc) is 2.70. The molecule has 2 aromatic carbocycles. The summed E-state index contributed by atoms with van der Waals surface area (Å²) in [5, 5.41) is 3.02. The zero-order chi connectivity index (χ0) is 18.8. The number of aryl methyl sites for hydroxylation is 2. The highest BCUT2D eigenvalue weighted by atomic mass is 16.5. The number of anilines is 1. The van der Waals surface area contributed by atoms with E-state index in [4.69, 9.17) is 4.74 Å². The summed E-state index contributed by atoms with van der Waals surface area (Å²) in [5.41, 5.74) is 5.15.